The number of amides is 1. The number of anilines is 1. The fourth-order valence-corrected chi connectivity index (χ4v) is 4.11. The third kappa shape index (κ3) is 5.54. The summed E-state index contributed by atoms with van der Waals surface area (Å²) in [6.07, 6.45) is -0.690. The van der Waals surface area contributed by atoms with Gasteiger partial charge in [-0.05, 0) is 49.4 Å². The minimum Gasteiger partial charge on any atom is -0.481 e. The van der Waals surface area contributed by atoms with Crippen molar-refractivity contribution in [2.45, 2.75) is 17.9 Å². The van der Waals surface area contributed by atoms with Crippen LogP contribution in [-0.2, 0) is 19.6 Å². The standard InChI is InChI=1S/C19H20Cl2N2O5S/c1-13(19(24)23-8-10-27-11-9-23)28-15-3-5-16(6-4-15)29(25,26)22-14-2-7-17(20)18(21)12-14/h2-7,12-13,22H,8-11H2,1H3/t13-/m0/s1. The van der Waals surface area contributed by atoms with E-state index in [1.54, 1.807) is 11.8 Å². The van der Waals surface area contributed by atoms with Gasteiger partial charge in [-0.25, -0.2) is 8.42 Å². The molecule has 0 unspecified atom stereocenters. The Labute approximate surface area is 179 Å². The van der Waals surface area contributed by atoms with E-state index in [9.17, 15) is 13.2 Å². The van der Waals surface area contributed by atoms with E-state index >= 15 is 0 Å². The molecule has 7 nitrogen and oxygen atoms in total. The van der Waals surface area contributed by atoms with Gasteiger partial charge < -0.3 is 14.4 Å². The predicted octanol–water partition coefficient (Wildman–Crippen LogP) is 3.42. The summed E-state index contributed by atoms with van der Waals surface area (Å²) in [6.45, 7) is 3.75. The Hall–Kier alpha value is -2.00. The zero-order valence-electron chi connectivity index (χ0n) is 15.6. The predicted molar refractivity (Wildman–Crippen MR) is 111 cm³/mol. The first-order valence-corrected chi connectivity index (χ1v) is 11.1. The number of nitrogens with zero attached hydrogens (tertiary/aromatic N) is 1. The number of halogens is 2. The molecule has 1 aliphatic rings. The van der Waals surface area contributed by atoms with Gasteiger partial charge in [0, 0.05) is 13.1 Å². The highest BCUT2D eigenvalue weighted by Crippen LogP contribution is 2.27. The largest absolute Gasteiger partial charge is 0.481 e. The van der Waals surface area contributed by atoms with Gasteiger partial charge in [0.05, 0.1) is 33.8 Å². The average Bonchev–Trinajstić information content (AvgIpc) is 2.71. The molecule has 1 N–H and O–H groups in total. The summed E-state index contributed by atoms with van der Waals surface area (Å²) >= 11 is 11.8. The first kappa shape index (κ1) is 21.7. The zero-order chi connectivity index (χ0) is 21.0. The molecule has 0 bridgehead atoms. The third-order valence-corrected chi connectivity index (χ3v) is 6.43. The van der Waals surface area contributed by atoms with Crippen LogP contribution in [0.25, 0.3) is 0 Å². The number of sulfonamides is 1. The van der Waals surface area contributed by atoms with Crippen LogP contribution in [-0.4, -0.2) is 51.6 Å². The maximum atomic E-state index is 12.5. The van der Waals surface area contributed by atoms with Crippen molar-refractivity contribution < 1.29 is 22.7 Å². The monoisotopic (exact) mass is 458 g/mol. The second-order valence-electron chi connectivity index (χ2n) is 6.40. The van der Waals surface area contributed by atoms with Crippen LogP contribution in [0.1, 0.15) is 6.92 Å². The van der Waals surface area contributed by atoms with Crippen molar-refractivity contribution in [2.24, 2.45) is 0 Å². The zero-order valence-corrected chi connectivity index (χ0v) is 17.9. The number of hydrogen-bond acceptors (Lipinski definition) is 5. The van der Waals surface area contributed by atoms with Crippen LogP contribution < -0.4 is 9.46 Å². The third-order valence-electron chi connectivity index (χ3n) is 4.29. The fourth-order valence-electron chi connectivity index (χ4n) is 2.77. The molecule has 1 heterocycles. The molecule has 0 saturated carbocycles. The van der Waals surface area contributed by atoms with Gasteiger partial charge >= 0.3 is 0 Å². The number of rotatable bonds is 6. The van der Waals surface area contributed by atoms with Gasteiger partial charge in [-0.15, -0.1) is 0 Å². The molecule has 0 spiro atoms. The minimum absolute atomic E-state index is 0.0445. The molecule has 0 aromatic heterocycles. The topological polar surface area (TPSA) is 84.9 Å². The van der Waals surface area contributed by atoms with Gasteiger partial charge in [-0.1, -0.05) is 23.2 Å². The number of morpholine rings is 1. The van der Waals surface area contributed by atoms with Crippen LogP contribution in [0, 0.1) is 0 Å². The van der Waals surface area contributed by atoms with E-state index in [4.69, 9.17) is 32.7 Å². The van der Waals surface area contributed by atoms with E-state index in [0.717, 1.165) is 0 Å². The van der Waals surface area contributed by atoms with Gasteiger partial charge in [-0.3, -0.25) is 9.52 Å². The van der Waals surface area contributed by atoms with Gasteiger partial charge in [0.1, 0.15) is 5.75 Å². The van der Waals surface area contributed by atoms with Crippen LogP contribution >= 0.6 is 23.2 Å². The van der Waals surface area contributed by atoms with E-state index < -0.39 is 16.1 Å². The second kappa shape index (κ2) is 9.21. The molecule has 0 aliphatic carbocycles. The van der Waals surface area contributed by atoms with Crippen molar-refractivity contribution in [2.75, 3.05) is 31.0 Å². The number of carbonyl (C=O) groups is 1. The SMILES string of the molecule is C[C@H](Oc1ccc(S(=O)(=O)Nc2ccc(Cl)c(Cl)c2)cc1)C(=O)N1CCOCC1. The molecular formula is C19H20Cl2N2O5S. The lowest BCUT2D eigenvalue weighted by molar-refractivity contribution is -0.142. The van der Waals surface area contributed by atoms with E-state index in [0.29, 0.717) is 42.8 Å². The summed E-state index contributed by atoms with van der Waals surface area (Å²) in [5.74, 6) is 0.263. The molecule has 3 rings (SSSR count). The first-order valence-electron chi connectivity index (χ1n) is 8.87. The Morgan fingerprint density at radius 1 is 1.10 bits per heavy atom. The molecule has 156 valence electrons. The molecule has 10 heteroatoms. The van der Waals surface area contributed by atoms with E-state index in [1.165, 1.54) is 42.5 Å². The van der Waals surface area contributed by atoms with Crippen molar-refractivity contribution in [1.82, 2.24) is 4.90 Å². The number of carbonyl (C=O) groups excluding carboxylic acids is 1. The Balaban J connectivity index is 1.65. The second-order valence-corrected chi connectivity index (χ2v) is 8.90. The highest BCUT2D eigenvalue weighted by atomic mass is 35.5. The molecule has 1 atom stereocenters. The normalized spacial score (nSPS) is 15.6. The van der Waals surface area contributed by atoms with E-state index in [2.05, 4.69) is 4.72 Å². The molecule has 2 aromatic rings. The highest BCUT2D eigenvalue weighted by Gasteiger charge is 2.24. The molecule has 1 saturated heterocycles. The summed E-state index contributed by atoms with van der Waals surface area (Å²) in [5, 5.41) is 0.575. The Bertz CT molecular complexity index is 977. The average molecular weight is 459 g/mol. The number of benzene rings is 2. The summed E-state index contributed by atoms with van der Waals surface area (Å²) in [5.41, 5.74) is 0.296. The van der Waals surface area contributed by atoms with Crippen LogP contribution in [0.3, 0.4) is 0 Å². The van der Waals surface area contributed by atoms with Crippen LogP contribution in [0.15, 0.2) is 47.4 Å². The van der Waals surface area contributed by atoms with Crippen LogP contribution in [0.2, 0.25) is 10.0 Å². The van der Waals surface area contributed by atoms with Crippen molar-refractivity contribution in [3.05, 3.63) is 52.5 Å². The van der Waals surface area contributed by atoms with E-state index in [-0.39, 0.29) is 15.8 Å². The maximum Gasteiger partial charge on any atom is 0.263 e. The number of nitrogens with one attached hydrogen (secondary N) is 1. The summed E-state index contributed by atoms with van der Waals surface area (Å²) in [7, 11) is -3.82. The molecular weight excluding hydrogens is 439 g/mol. The number of hydrogen-bond donors (Lipinski definition) is 1. The fraction of sp³-hybridized carbons (Fsp3) is 0.316. The van der Waals surface area contributed by atoms with Gasteiger partial charge in [-0.2, -0.15) is 0 Å². The van der Waals surface area contributed by atoms with Gasteiger partial charge in [0.2, 0.25) is 0 Å². The van der Waals surface area contributed by atoms with Crippen molar-refractivity contribution in [1.29, 1.82) is 0 Å². The lowest BCUT2D eigenvalue weighted by Crippen LogP contribution is -2.46. The Morgan fingerprint density at radius 2 is 1.76 bits per heavy atom. The van der Waals surface area contributed by atoms with Crippen molar-refractivity contribution in [3.63, 3.8) is 0 Å². The number of ether oxygens (including phenoxy) is 2. The van der Waals surface area contributed by atoms with Gasteiger partial charge in [0.25, 0.3) is 15.9 Å². The first-order chi connectivity index (χ1) is 13.8. The smallest absolute Gasteiger partial charge is 0.263 e. The lowest BCUT2D eigenvalue weighted by Gasteiger charge is -2.29. The quantitative estimate of drug-likeness (QED) is 0.716. The highest BCUT2D eigenvalue weighted by molar-refractivity contribution is 7.92. The Kier molecular flexibility index (Phi) is 6.89. The Morgan fingerprint density at radius 3 is 2.38 bits per heavy atom. The molecule has 0 radical (unpaired) electrons. The van der Waals surface area contributed by atoms with Crippen LogP contribution in [0.5, 0.6) is 5.75 Å². The molecule has 29 heavy (non-hydrogen) atoms. The van der Waals surface area contributed by atoms with Crippen LogP contribution in [0.4, 0.5) is 5.69 Å². The molecule has 1 aliphatic heterocycles. The van der Waals surface area contributed by atoms with Gasteiger partial charge in [0.15, 0.2) is 6.10 Å². The molecule has 2 aromatic carbocycles. The maximum absolute atomic E-state index is 12.5. The summed E-state index contributed by atoms with van der Waals surface area (Å²) in [6, 6.07) is 10.3. The minimum atomic E-state index is -3.82. The molecule has 1 fully saturated rings. The van der Waals surface area contributed by atoms with Crippen molar-refractivity contribution >= 4 is 44.8 Å². The summed E-state index contributed by atoms with van der Waals surface area (Å²) < 4.78 is 38.4. The van der Waals surface area contributed by atoms with Crippen molar-refractivity contribution in [3.8, 4) is 5.75 Å². The lowest BCUT2D eigenvalue weighted by atomic mass is 10.3. The summed E-state index contributed by atoms with van der Waals surface area (Å²) in [4.78, 5) is 14.1. The molecule has 1 amide bonds. The van der Waals surface area contributed by atoms with E-state index in [1.807, 2.05) is 0 Å².